The highest BCUT2D eigenvalue weighted by Crippen LogP contribution is 2.30. The van der Waals surface area contributed by atoms with E-state index in [4.69, 9.17) is 9.47 Å². The largest absolute Gasteiger partial charge is 0.493 e. The summed E-state index contributed by atoms with van der Waals surface area (Å²) in [5.41, 5.74) is 0.503. The quantitative estimate of drug-likeness (QED) is 0.748. The Morgan fingerprint density at radius 2 is 1.70 bits per heavy atom. The lowest BCUT2D eigenvalue weighted by atomic mass is 10.1. The van der Waals surface area contributed by atoms with Gasteiger partial charge in [-0.1, -0.05) is 18.2 Å². The zero-order valence-corrected chi connectivity index (χ0v) is 15.6. The van der Waals surface area contributed by atoms with Gasteiger partial charge >= 0.3 is 0 Å². The highest BCUT2D eigenvalue weighted by Gasteiger charge is 2.18. The Bertz CT molecular complexity index is 1060. The Hall–Kier alpha value is -3.35. The minimum Gasteiger partial charge on any atom is -0.493 e. The minimum atomic E-state index is -0.409. The lowest BCUT2D eigenvalue weighted by molar-refractivity contribution is 0.102. The molecule has 0 atom stereocenters. The normalized spacial score (nSPS) is 10.9. The third-order valence-corrected chi connectivity index (χ3v) is 4.17. The number of amides is 1. The summed E-state index contributed by atoms with van der Waals surface area (Å²) in [7, 11) is 3.07. The molecule has 1 heterocycles. The van der Waals surface area contributed by atoms with Crippen LogP contribution in [0.3, 0.4) is 0 Å². The monoisotopic (exact) mass is 367 g/mol. The van der Waals surface area contributed by atoms with Crippen LogP contribution in [0.1, 0.15) is 30.4 Å². The molecule has 0 saturated carbocycles. The number of fused-ring (bicyclic) bond motifs is 1. The average molecular weight is 367 g/mol. The molecule has 0 unspecified atom stereocenters. The molecule has 1 aromatic heterocycles. The fourth-order valence-electron chi connectivity index (χ4n) is 2.83. The topological polar surface area (TPSA) is 82.5 Å². The number of carbonyl (C=O) groups is 1. The summed E-state index contributed by atoms with van der Waals surface area (Å²) < 4.78 is 11.8. The molecular weight excluding hydrogens is 346 g/mol. The van der Waals surface area contributed by atoms with Crippen molar-refractivity contribution in [3.8, 4) is 11.5 Å². The van der Waals surface area contributed by atoms with Crippen LogP contribution in [0.2, 0.25) is 0 Å². The second-order valence-electron chi connectivity index (χ2n) is 6.26. The fraction of sp³-hybridized carbons (Fsp3) is 0.250. The highest BCUT2D eigenvalue weighted by atomic mass is 16.5. The van der Waals surface area contributed by atoms with Crippen LogP contribution in [-0.4, -0.2) is 29.9 Å². The van der Waals surface area contributed by atoms with Gasteiger partial charge in [0.2, 0.25) is 0 Å². The van der Waals surface area contributed by atoms with E-state index in [0.717, 1.165) is 0 Å². The molecule has 0 saturated heterocycles. The molecule has 7 heteroatoms. The van der Waals surface area contributed by atoms with Crippen molar-refractivity contribution in [2.75, 3.05) is 19.5 Å². The van der Waals surface area contributed by atoms with Crippen molar-refractivity contribution in [2.24, 2.45) is 0 Å². The van der Waals surface area contributed by atoms with E-state index in [1.54, 1.807) is 49.6 Å². The molecule has 0 fully saturated rings. The third kappa shape index (κ3) is 3.48. The number of nitrogens with zero attached hydrogens (tertiary/aromatic N) is 2. The molecule has 1 N–H and O–H groups in total. The molecule has 7 nitrogen and oxygen atoms in total. The number of hydrogen-bond donors (Lipinski definition) is 1. The Morgan fingerprint density at radius 1 is 1.04 bits per heavy atom. The Kier molecular flexibility index (Phi) is 5.12. The number of ether oxygens (including phenoxy) is 2. The number of rotatable bonds is 5. The van der Waals surface area contributed by atoms with Crippen molar-refractivity contribution >= 4 is 22.4 Å². The standard InChI is InChI=1S/C20H21N3O4/c1-12(2)23-20(25)15-8-6-5-7-14(15)18(22-23)19(24)21-13-9-10-16(26-3)17(11-13)27-4/h5-12H,1-4H3,(H,21,24). The number of hydrogen-bond acceptors (Lipinski definition) is 5. The fourth-order valence-corrected chi connectivity index (χ4v) is 2.83. The second-order valence-corrected chi connectivity index (χ2v) is 6.26. The van der Waals surface area contributed by atoms with Gasteiger partial charge in [0.05, 0.1) is 25.6 Å². The van der Waals surface area contributed by atoms with E-state index in [0.29, 0.717) is 28.0 Å². The van der Waals surface area contributed by atoms with Crippen molar-refractivity contribution in [1.29, 1.82) is 0 Å². The predicted molar refractivity (Wildman–Crippen MR) is 104 cm³/mol. The van der Waals surface area contributed by atoms with E-state index in [-0.39, 0.29) is 17.3 Å². The first-order valence-electron chi connectivity index (χ1n) is 8.51. The van der Waals surface area contributed by atoms with Crippen LogP contribution in [0.25, 0.3) is 10.8 Å². The van der Waals surface area contributed by atoms with Crippen molar-refractivity contribution in [1.82, 2.24) is 9.78 Å². The van der Waals surface area contributed by atoms with Crippen molar-refractivity contribution in [3.05, 3.63) is 58.5 Å². The molecule has 0 bridgehead atoms. The summed E-state index contributed by atoms with van der Waals surface area (Å²) in [4.78, 5) is 25.5. The molecule has 3 rings (SSSR count). The number of aromatic nitrogens is 2. The van der Waals surface area contributed by atoms with E-state index in [1.165, 1.54) is 11.8 Å². The number of anilines is 1. The summed E-state index contributed by atoms with van der Waals surface area (Å²) >= 11 is 0. The van der Waals surface area contributed by atoms with E-state index in [2.05, 4.69) is 10.4 Å². The van der Waals surface area contributed by atoms with Gasteiger partial charge in [-0.25, -0.2) is 4.68 Å². The van der Waals surface area contributed by atoms with E-state index >= 15 is 0 Å². The summed E-state index contributed by atoms with van der Waals surface area (Å²) in [5, 5.41) is 8.09. The number of methoxy groups -OCH3 is 2. The lowest BCUT2D eigenvalue weighted by Gasteiger charge is -2.14. The van der Waals surface area contributed by atoms with Crippen LogP contribution in [0.15, 0.2) is 47.3 Å². The first-order chi connectivity index (χ1) is 13.0. The summed E-state index contributed by atoms with van der Waals surface area (Å²) in [6.45, 7) is 3.69. The smallest absolute Gasteiger partial charge is 0.276 e. The maximum Gasteiger partial charge on any atom is 0.276 e. The first-order valence-corrected chi connectivity index (χ1v) is 8.51. The molecule has 3 aromatic rings. The van der Waals surface area contributed by atoms with Gasteiger partial charge in [-0.2, -0.15) is 5.10 Å². The Balaban J connectivity index is 2.06. The zero-order chi connectivity index (χ0) is 19.6. The second kappa shape index (κ2) is 7.49. The van der Waals surface area contributed by atoms with Gasteiger partial charge in [-0.05, 0) is 32.0 Å². The molecule has 140 valence electrons. The van der Waals surface area contributed by atoms with Crippen LogP contribution in [-0.2, 0) is 0 Å². The Labute approximate surface area is 156 Å². The number of carbonyl (C=O) groups excluding carboxylic acids is 1. The number of benzene rings is 2. The molecule has 2 aromatic carbocycles. The van der Waals surface area contributed by atoms with Gasteiger partial charge in [0, 0.05) is 17.1 Å². The summed E-state index contributed by atoms with van der Waals surface area (Å²) in [6.07, 6.45) is 0. The molecule has 0 spiro atoms. The van der Waals surface area contributed by atoms with Crippen molar-refractivity contribution in [3.63, 3.8) is 0 Å². The zero-order valence-electron chi connectivity index (χ0n) is 15.6. The predicted octanol–water partition coefficient (Wildman–Crippen LogP) is 3.25. The molecule has 0 aliphatic carbocycles. The van der Waals surface area contributed by atoms with E-state index < -0.39 is 5.91 Å². The van der Waals surface area contributed by atoms with Crippen LogP contribution in [0, 0.1) is 0 Å². The first kappa shape index (κ1) is 18.4. The molecule has 27 heavy (non-hydrogen) atoms. The van der Waals surface area contributed by atoms with Crippen molar-refractivity contribution < 1.29 is 14.3 Å². The SMILES string of the molecule is COc1ccc(NC(=O)c2nn(C(C)C)c(=O)c3ccccc23)cc1OC. The summed E-state index contributed by atoms with van der Waals surface area (Å²) in [5.74, 6) is 0.653. The van der Waals surface area contributed by atoms with E-state index in [1.807, 2.05) is 13.8 Å². The van der Waals surface area contributed by atoms with Gasteiger partial charge in [0.1, 0.15) is 0 Å². The average Bonchev–Trinajstić information content (AvgIpc) is 2.68. The van der Waals surface area contributed by atoms with Gasteiger partial charge < -0.3 is 14.8 Å². The van der Waals surface area contributed by atoms with Crippen LogP contribution < -0.4 is 20.3 Å². The molecule has 0 aliphatic rings. The maximum atomic E-state index is 12.9. The van der Waals surface area contributed by atoms with Crippen LogP contribution in [0.5, 0.6) is 11.5 Å². The van der Waals surface area contributed by atoms with Gasteiger partial charge in [0.15, 0.2) is 17.2 Å². The van der Waals surface area contributed by atoms with Crippen LogP contribution >= 0.6 is 0 Å². The highest BCUT2D eigenvalue weighted by molar-refractivity contribution is 6.11. The third-order valence-electron chi connectivity index (χ3n) is 4.17. The Morgan fingerprint density at radius 3 is 2.33 bits per heavy atom. The summed E-state index contributed by atoms with van der Waals surface area (Å²) in [6, 6.07) is 11.9. The number of nitrogens with one attached hydrogen (secondary N) is 1. The molecular formula is C20H21N3O4. The molecule has 1 amide bonds. The molecule has 0 aliphatic heterocycles. The van der Waals surface area contributed by atoms with Crippen LogP contribution in [0.4, 0.5) is 5.69 Å². The van der Waals surface area contributed by atoms with E-state index in [9.17, 15) is 9.59 Å². The van der Waals surface area contributed by atoms with Crippen molar-refractivity contribution in [2.45, 2.75) is 19.9 Å². The minimum absolute atomic E-state index is 0.172. The van der Waals surface area contributed by atoms with Gasteiger partial charge in [0.25, 0.3) is 11.5 Å². The lowest BCUT2D eigenvalue weighted by Crippen LogP contribution is -2.28. The van der Waals surface area contributed by atoms with Gasteiger partial charge in [-0.15, -0.1) is 0 Å². The molecule has 0 radical (unpaired) electrons. The van der Waals surface area contributed by atoms with Gasteiger partial charge in [-0.3, -0.25) is 9.59 Å². The maximum absolute atomic E-state index is 12.9.